The summed E-state index contributed by atoms with van der Waals surface area (Å²) in [5.41, 5.74) is 8.02. The van der Waals surface area contributed by atoms with Crippen LogP contribution in [0.2, 0.25) is 0 Å². The van der Waals surface area contributed by atoms with Gasteiger partial charge in [-0.05, 0) is 116 Å². The van der Waals surface area contributed by atoms with Gasteiger partial charge in [0.2, 0.25) is 0 Å². The molecule has 0 radical (unpaired) electrons. The summed E-state index contributed by atoms with van der Waals surface area (Å²) in [7, 11) is 0. The van der Waals surface area contributed by atoms with Gasteiger partial charge in [-0.1, -0.05) is 127 Å². The van der Waals surface area contributed by atoms with Crippen LogP contribution in [-0.4, -0.2) is 0 Å². The van der Waals surface area contributed by atoms with Crippen LogP contribution in [0, 0.1) is 0 Å². The number of rotatable bonds is 0. The standard InChI is InChI=1S/C44H24/c1-4-14-29-26(11-1)23-37-40-32(29)17-8-20-35(40)43-34-19-7-13-28-22-25-10-3-6-16-31(25)42(39(28)34)44(37,43)38-24-27-12-2-5-15-30(27)33-18-9-21-36(43)41(33)38/h1-24H. The number of fused-ring (bicyclic) bond motifs is 6. The Morgan fingerprint density at radius 2 is 0.705 bits per heavy atom. The molecule has 9 aromatic carbocycles. The summed E-state index contributed by atoms with van der Waals surface area (Å²) in [6.07, 6.45) is 0. The van der Waals surface area contributed by atoms with E-state index in [9.17, 15) is 0 Å². The van der Waals surface area contributed by atoms with E-state index in [2.05, 4.69) is 146 Å². The Hall–Kier alpha value is -5.46. The van der Waals surface area contributed by atoms with E-state index in [1.54, 1.807) is 0 Å². The van der Waals surface area contributed by atoms with Crippen molar-refractivity contribution in [1.29, 1.82) is 0 Å². The molecule has 0 bridgehead atoms. The molecule has 0 saturated heterocycles. The van der Waals surface area contributed by atoms with E-state index in [0.29, 0.717) is 0 Å². The number of hydrogen-bond acceptors (Lipinski definition) is 0. The molecule has 12 rings (SSSR count). The van der Waals surface area contributed by atoms with Crippen molar-refractivity contribution in [2.45, 2.75) is 10.8 Å². The summed E-state index contributed by atoms with van der Waals surface area (Å²) in [4.78, 5) is 0. The third kappa shape index (κ3) is 2.04. The second-order valence-corrected chi connectivity index (χ2v) is 13.1. The van der Waals surface area contributed by atoms with Crippen LogP contribution in [0.15, 0.2) is 146 Å². The molecule has 0 aromatic heterocycles. The lowest BCUT2D eigenvalue weighted by Gasteiger charge is -2.40. The van der Waals surface area contributed by atoms with E-state index >= 15 is 0 Å². The monoisotopic (exact) mass is 552 g/mol. The van der Waals surface area contributed by atoms with Crippen molar-refractivity contribution in [1.82, 2.24) is 0 Å². The quantitative estimate of drug-likeness (QED) is 0.130. The Balaban J connectivity index is 1.47. The lowest BCUT2D eigenvalue weighted by molar-refractivity contribution is 0.495. The molecule has 0 amide bonds. The van der Waals surface area contributed by atoms with Crippen LogP contribution < -0.4 is 0 Å². The highest BCUT2D eigenvalue weighted by Gasteiger charge is 2.70. The molecule has 3 aliphatic carbocycles. The highest BCUT2D eigenvalue weighted by molar-refractivity contribution is 6.23. The van der Waals surface area contributed by atoms with Crippen molar-refractivity contribution in [2.75, 3.05) is 0 Å². The van der Waals surface area contributed by atoms with Gasteiger partial charge in [-0.3, -0.25) is 0 Å². The second kappa shape index (κ2) is 7.01. The topological polar surface area (TPSA) is 0 Å². The summed E-state index contributed by atoms with van der Waals surface area (Å²) in [5, 5.41) is 16.4. The molecule has 0 atom stereocenters. The molecule has 0 fully saturated rings. The van der Waals surface area contributed by atoms with Crippen LogP contribution in [0.25, 0.3) is 64.6 Å². The third-order valence-electron chi connectivity index (χ3n) is 11.6. The Kier molecular flexibility index (Phi) is 3.53. The van der Waals surface area contributed by atoms with Crippen LogP contribution >= 0.6 is 0 Å². The second-order valence-electron chi connectivity index (χ2n) is 13.1. The van der Waals surface area contributed by atoms with Crippen molar-refractivity contribution < 1.29 is 0 Å². The lowest BCUT2D eigenvalue weighted by atomic mass is 9.58. The average Bonchev–Trinajstić information content (AvgIpc) is 3.61. The van der Waals surface area contributed by atoms with Gasteiger partial charge in [0, 0.05) is 0 Å². The Morgan fingerprint density at radius 3 is 1.30 bits per heavy atom. The fourth-order valence-electron chi connectivity index (χ4n) is 10.4. The first-order valence-electron chi connectivity index (χ1n) is 15.7. The summed E-state index contributed by atoms with van der Waals surface area (Å²) >= 11 is 0. The molecule has 0 saturated carbocycles. The third-order valence-corrected chi connectivity index (χ3v) is 11.6. The highest BCUT2D eigenvalue weighted by atomic mass is 14.7. The summed E-state index contributed by atoms with van der Waals surface area (Å²) in [6.45, 7) is 0. The largest absolute Gasteiger partial charge is 0.0654 e. The normalized spacial score (nSPS) is 20.5. The minimum absolute atomic E-state index is 0.364. The van der Waals surface area contributed by atoms with Gasteiger partial charge in [-0.25, -0.2) is 0 Å². The molecule has 0 unspecified atom stereocenters. The van der Waals surface area contributed by atoms with Crippen molar-refractivity contribution in [3.63, 3.8) is 0 Å². The van der Waals surface area contributed by atoms with Gasteiger partial charge in [-0.2, -0.15) is 0 Å². The van der Waals surface area contributed by atoms with Crippen molar-refractivity contribution in [3.05, 3.63) is 179 Å². The molecule has 0 spiro atoms. The maximum atomic E-state index is 2.56. The fraction of sp³-hybridized carbons (Fsp3) is 0.0455. The van der Waals surface area contributed by atoms with Gasteiger partial charge in [-0.15, -0.1) is 0 Å². The first-order chi connectivity index (χ1) is 21.8. The van der Waals surface area contributed by atoms with Crippen LogP contribution in [0.3, 0.4) is 0 Å². The van der Waals surface area contributed by atoms with Crippen molar-refractivity contribution in [2.24, 2.45) is 0 Å². The highest BCUT2D eigenvalue weighted by Crippen LogP contribution is 2.76. The molecule has 200 valence electrons. The van der Waals surface area contributed by atoms with Crippen molar-refractivity contribution in [3.8, 4) is 0 Å². The van der Waals surface area contributed by atoms with Gasteiger partial charge in [0.15, 0.2) is 0 Å². The van der Waals surface area contributed by atoms with E-state index in [1.807, 2.05) is 0 Å². The Bertz CT molecular complexity index is 2700. The van der Waals surface area contributed by atoms with Crippen molar-refractivity contribution >= 4 is 64.6 Å². The Labute approximate surface area is 253 Å². The molecule has 0 heteroatoms. The number of hydrogen-bond donors (Lipinski definition) is 0. The van der Waals surface area contributed by atoms with Gasteiger partial charge < -0.3 is 0 Å². The van der Waals surface area contributed by atoms with Gasteiger partial charge in [0.05, 0.1) is 10.8 Å². The summed E-state index contributed by atoms with van der Waals surface area (Å²) in [5.74, 6) is 0. The van der Waals surface area contributed by atoms with E-state index in [4.69, 9.17) is 0 Å². The van der Waals surface area contributed by atoms with Crippen LogP contribution in [-0.2, 0) is 10.8 Å². The zero-order valence-electron chi connectivity index (χ0n) is 23.9. The molecular formula is C44H24. The van der Waals surface area contributed by atoms with Crippen LogP contribution in [0.4, 0.5) is 0 Å². The van der Waals surface area contributed by atoms with E-state index < -0.39 is 5.41 Å². The fourth-order valence-corrected chi connectivity index (χ4v) is 10.4. The molecule has 0 heterocycles. The first-order valence-corrected chi connectivity index (χ1v) is 15.7. The SMILES string of the molecule is c1ccc2c3c4c(cccc4cc2c1)C12c4cccc5c4c(cc4ccccc45)C31c1cc3ccccc3c3cccc2c13. The molecule has 0 N–H and O–H groups in total. The smallest absolute Gasteiger partial charge is 0.0616 e. The van der Waals surface area contributed by atoms with Crippen LogP contribution in [0.5, 0.6) is 0 Å². The molecule has 44 heavy (non-hydrogen) atoms. The predicted octanol–water partition coefficient (Wildman–Crippen LogP) is 10.9. The van der Waals surface area contributed by atoms with E-state index in [0.717, 1.165) is 0 Å². The minimum Gasteiger partial charge on any atom is -0.0616 e. The maximum absolute atomic E-state index is 2.56. The molecular weight excluding hydrogens is 528 g/mol. The summed E-state index contributed by atoms with van der Waals surface area (Å²) in [6, 6.07) is 56.1. The van der Waals surface area contributed by atoms with E-state index in [1.165, 1.54) is 98.0 Å². The molecule has 0 aliphatic heterocycles. The zero-order chi connectivity index (χ0) is 28.4. The molecule has 0 nitrogen and oxygen atoms in total. The van der Waals surface area contributed by atoms with Gasteiger partial charge in [0.1, 0.15) is 0 Å². The maximum Gasteiger partial charge on any atom is 0.0654 e. The molecule has 3 aliphatic rings. The average molecular weight is 553 g/mol. The van der Waals surface area contributed by atoms with Crippen LogP contribution in [0.1, 0.15) is 33.4 Å². The predicted molar refractivity (Wildman–Crippen MR) is 184 cm³/mol. The first kappa shape index (κ1) is 22.1. The summed E-state index contributed by atoms with van der Waals surface area (Å²) < 4.78 is 0. The lowest BCUT2D eigenvalue weighted by Crippen LogP contribution is -2.42. The van der Waals surface area contributed by atoms with Gasteiger partial charge in [0.25, 0.3) is 0 Å². The number of benzene rings is 9. The zero-order valence-corrected chi connectivity index (χ0v) is 23.9. The Morgan fingerprint density at radius 1 is 0.273 bits per heavy atom. The van der Waals surface area contributed by atoms with Gasteiger partial charge >= 0.3 is 0 Å². The van der Waals surface area contributed by atoms with E-state index in [-0.39, 0.29) is 5.41 Å². The minimum atomic E-state index is -0.395. The molecule has 9 aromatic rings.